The molecule has 1 aromatic heterocycles. The van der Waals surface area contributed by atoms with E-state index in [0.29, 0.717) is 36.8 Å². The Kier molecular flexibility index (Phi) is 4.63. The van der Waals surface area contributed by atoms with Crippen molar-refractivity contribution in [2.24, 2.45) is 0 Å². The summed E-state index contributed by atoms with van der Waals surface area (Å²) < 4.78 is 0. The molecule has 0 aliphatic carbocycles. The van der Waals surface area contributed by atoms with Crippen molar-refractivity contribution in [1.82, 2.24) is 20.5 Å². The molecular formula is C18H19N5O3S. The molecule has 3 heterocycles. The van der Waals surface area contributed by atoms with Crippen LogP contribution < -0.4 is 16.4 Å². The second-order valence-corrected chi connectivity index (χ2v) is 7.56. The van der Waals surface area contributed by atoms with E-state index in [1.54, 1.807) is 11.0 Å². The Labute approximate surface area is 159 Å². The quantitative estimate of drug-likeness (QED) is 0.655. The van der Waals surface area contributed by atoms with E-state index in [1.165, 1.54) is 11.3 Å². The van der Waals surface area contributed by atoms with Gasteiger partial charge >= 0.3 is 0 Å². The van der Waals surface area contributed by atoms with Crippen molar-refractivity contribution in [3.05, 3.63) is 46.0 Å². The normalized spacial score (nSPS) is 19.3. The van der Waals surface area contributed by atoms with Crippen LogP contribution in [0.25, 0.3) is 0 Å². The standard InChI is InChI=1S/C18H19N5O3S/c19-18-21-12(9-27-18)7-20-6-10-1-2-13-11(5-10)8-23(17(13)26)14-3-4-15(24)22-16(14)25/h1-2,5,9,14,20H,3-4,6-8H2,(H2,19,21)(H,22,24,25). The fourth-order valence-electron chi connectivity index (χ4n) is 3.48. The van der Waals surface area contributed by atoms with Gasteiger partial charge in [-0.15, -0.1) is 11.3 Å². The van der Waals surface area contributed by atoms with Crippen molar-refractivity contribution in [3.63, 3.8) is 0 Å². The summed E-state index contributed by atoms with van der Waals surface area (Å²) in [6, 6.07) is 5.12. The number of hydrogen-bond acceptors (Lipinski definition) is 7. The molecule has 2 aliphatic heterocycles. The Bertz CT molecular complexity index is 925. The Hall–Kier alpha value is -2.78. The van der Waals surface area contributed by atoms with Crippen LogP contribution in [-0.4, -0.2) is 33.6 Å². The van der Waals surface area contributed by atoms with Gasteiger partial charge in [0.15, 0.2) is 5.13 Å². The summed E-state index contributed by atoms with van der Waals surface area (Å²) in [5.41, 5.74) is 9.10. The third kappa shape index (κ3) is 3.56. The number of fused-ring (bicyclic) bond motifs is 1. The number of nitrogen functional groups attached to an aromatic ring is 1. The van der Waals surface area contributed by atoms with E-state index in [9.17, 15) is 14.4 Å². The summed E-state index contributed by atoms with van der Waals surface area (Å²) in [7, 11) is 0. The molecule has 1 saturated heterocycles. The van der Waals surface area contributed by atoms with Gasteiger partial charge < -0.3 is 16.0 Å². The monoisotopic (exact) mass is 385 g/mol. The summed E-state index contributed by atoms with van der Waals surface area (Å²) in [6.45, 7) is 1.64. The number of thiazole rings is 1. The highest BCUT2D eigenvalue weighted by Crippen LogP contribution is 2.28. The molecule has 2 aliphatic rings. The second kappa shape index (κ2) is 7.09. The highest BCUT2D eigenvalue weighted by molar-refractivity contribution is 7.13. The van der Waals surface area contributed by atoms with Crippen LogP contribution in [0.1, 0.15) is 40.0 Å². The first-order valence-electron chi connectivity index (χ1n) is 8.68. The van der Waals surface area contributed by atoms with Gasteiger partial charge in [-0.1, -0.05) is 12.1 Å². The molecule has 9 heteroatoms. The lowest BCUT2D eigenvalue weighted by atomic mass is 10.0. The smallest absolute Gasteiger partial charge is 0.255 e. The molecule has 1 atom stereocenters. The lowest BCUT2D eigenvalue weighted by Crippen LogP contribution is -2.52. The zero-order chi connectivity index (χ0) is 19.0. The van der Waals surface area contributed by atoms with E-state index in [1.807, 2.05) is 17.5 Å². The first-order chi connectivity index (χ1) is 13.0. The number of rotatable bonds is 5. The first kappa shape index (κ1) is 17.6. The number of carbonyl (C=O) groups excluding carboxylic acids is 3. The maximum atomic E-state index is 12.7. The third-order valence-electron chi connectivity index (χ3n) is 4.79. The molecule has 2 aromatic rings. The van der Waals surface area contributed by atoms with E-state index in [2.05, 4.69) is 15.6 Å². The van der Waals surface area contributed by atoms with Crippen molar-refractivity contribution >= 4 is 34.2 Å². The number of amides is 3. The molecule has 1 fully saturated rings. The van der Waals surface area contributed by atoms with Gasteiger partial charge in [0.05, 0.1) is 5.69 Å². The van der Waals surface area contributed by atoms with Gasteiger partial charge in [0.25, 0.3) is 5.91 Å². The number of carbonyl (C=O) groups is 3. The number of nitrogens with one attached hydrogen (secondary N) is 2. The van der Waals surface area contributed by atoms with Crippen LogP contribution in [-0.2, 0) is 29.2 Å². The molecule has 0 bridgehead atoms. The van der Waals surface area contributed by atoms with Gasteiger partial charge in [-0.3, -0.25) is 19.7 Å². The van der Waals surface area contributed by atoms with Gasteiger partial charge in [0, 0.05) is 37.0 Å². The number of imide groups is 1. The largest absolute Gasteiger partial charge is 0.375 e. The van der Waals surface area contributed by atoms with E-state index in [0.717, 1.165) is 16.8 Å². The molecule has 0 radical (unpaired) electrons. The molecule has 3 amide bonds. The van der Waals surface area contributed by atoms with Crippen LogP contribution in [0.5, 0.6) is 0 Å². The molecule has 8 nitrogen and oxygen atoms in total. The summed E-state index contributed by atoms with van der Waals surface area (Å²) >= 11 is 1.41. The van der Waals surface area contributed by atoms with Gasteiger partial charge in [-0.2, -0.15) is 0 Å². The molecule has 1 unspecified atom stereocenters. The van der Waals surface area contributed by atoms with Crippen molar-refractivity contribution in [2.75, 3.05) is 5.73 Å². The fourth-order valence-corrected chi connectivity index (χ4v) is 4.04. The molecule has 27 heavy (non-hydrogen) atoms. The number of anilines is 1. The highest BCUT2D eigenvalue weighted by Gasteiger charge is 2.38. The SMILES string of the molecule is Nc1nc(CNCc2ccc3c(c2)CN(C2CCC(=O)NC2=O)C3=O)cs1. The number of piperidine rings is 1. The number of benzene rings is 1. The molecule has 0 spiro atoms. The maximum Gasteiger partial charge on any atom is 0.255 e. The van der Waals surface area contributed by atoms with Gasteiger partial charge in [-0.05, 0) is 23.6 Å². The Morgan fingerprint density at radius 2 is 2.15 bits per heavy atom. The molecule has 140 valence electrons. The minimum Gasteiger partial charge on any atom is -0.375 e. The van der Waals surface area contributed by atoms with Gasteiger partial charge in [0.1, 0.15) is 6.04 Å². The number of hydrogen-bond donors (Lipinski definition) is 3. The minimum absolute atomic E-state index is 0.156. The first-order valence-corrected chi connectivity index (χ1v) is 9.56. The van der Waals surface area contributed by atoms with Gasteiger partial charge in [0.2, 0.25) is 11.8 Å². The summed E-state index contributed by atoms with van der Waals surface area (Å²) in [5, 5.41) is 8.09. The molecular weight excluding hydrogens is 366 g/mol. The van der Waals surface area contributed by atoms with E-state index < -0.39 is 11.9 Å². The minimum atomic E-state index is -0.584. The molecule has 1 aromatic carbocycles. The third-order valence-corrected chi connectivity index (χ3v) is 5.52. The van der Waals surface area contributed by atoms with Crippen molar-refractivity contribution in [2.45, 2.75) is 38.5 Å². The molecule has 0 saturated carbocycles. The van der Waals surface area contributed by atoms with Crippen LogP contribution in [0.4, 0.5) is 5.13 Å². The van der Waals surface area contributed by atoms with Crippen LogP contribution in [0.2, 0.25) is 0 Å². The maximum absolute atomic E-state index is 12.7. The molecule has 4 rings (SSSR count). The van der Waals surface area contributed by atoms with Gasteiger partial charge in [-0.25, -0.2) is 4.98 Å². The van der Waals surface area contributed by atoms with Crippen LogP contribution in [0.3, 0.4) is 0 Å². The zero-order valence-electron chi connectivity index (χ0n) is 14.5. The fraction of sp³-hybridized carbons (Fsp3) is 0.333. The number of nitrogens with two attached hydrogens (primary N) is 1. The number of nitrogens with zero attached hydrogens (tertiary/aromatic N) is 2. The lowest BCUT2D eigenvalue weighted by molar-refractivity contribution is -0.136. The zero-order valence-corrected chi connectivity index (χ0v) is 15.3. The van der Waals surface area contributed by atoms with Crippen LogP contribution in [0, 0.1) is 0 Å². The van der Waals surface area contributed by atoms with Crippen molar-refractivity contribution in [3.8, 4) is 0 Å². The summed E-state index contributed by atoms with van der Waals surface area (Å²) in [5.74, 6) is -0.829. The Balaban J connectivity index is 1.41. The number of aromatic nitrogens is 1. The van der Waals surface area contributed by atoms with Crippen molar-refractivity contribution < 1.29 is 14.4 Å². The average molecular weight is 385 g/mol. The van der Waals surface area contributed by atoms with Crippen LogP contribution >= 0.6 is 11.3 Å². The van der Waals surface area contributed by atoms with E-state index in [4.69, 9.17) is 5.73 Å². The summed E-state index contributed by atoms with van der Waals surface area (Å²) in [6.07, 6.45) is 0.627. The Morgan fingerprint density at radius 3 is 2.89 bits per heavy atom. The lowest BCUT2D eigenvalue weighted by Gasteiger charge is -2.29. The van der Waals surface area contributed by atoms with Crippen molar-refractivity contribution in [1.29, 1.82) is 0 Å². The van der Waals surface area contributed by atoms with E-state index >= 15 is 0 Å². The molecule has 4 N–H and O–H groups in total. The Morgan fingerprint density at radius 1 is 1.30 bits per heavy atom. The van der Waals surface area contributed by atoms with Crippen LogP contribution in [0.15, 0.2) is 23.6 Å². The predicted octanol–water partition coefficient (Wildman–Crippen LogP) is 0.776. The predicted molar refractivity (Wildman–Crippen MR) is 99.6 cm³/mol. The second-order valence-electron chi connectivity index (χ2n) is 6.67. The summed E-state index contributed by atoms with van der Waals surface area (Å²) in [4.78, 5) is 41.8. The average Bonchev–Trinajstić information content (AvgIpc) is 3.18. The highest BCUT2D eigenvalue weighted by atomic mass is 32.1. The topological polar surface area (TPSA) is 117 Å². The van der Waals surface area contributed by atoms with E-state index in [-0.39, 0.29) is 18.2 Å².